The number of aromatic hydroxyl groups is 1. The van der Waals surface area contributed by atoms with Crippen molar-refractivity contribution in [2.75, 3.05) is 17.2 Å². The molecular formula is C26H21Br2N3O4. The van der Waals surface area contributed by atoms with E-state index in [9.17, 15) is 20.0 Å². The van der Waals surface area contributed by atoms with Gasteiger partial charge in [-0.2, -0.15) is 5.26 Å². The van der Waals surface area contributed by atoms with Crippen LogP contribution in [0.3, 0.4) is 0 Å². The summed E-state index contributed by atoms with van der Waals surface area (Å²) in [6.07, 6.45) is 1.38. The summed E-state index contributed by atoms with van der Waals surface area (Å²) in [6, 6.07) is 16.9. The number of phenolic OH excluding ortho intramolecular Hbond substituents is 1. The fraction of sp³-hybridized carbons (Fsp3) is 0.115. The first-order chi connectivity index (χ1) is 16.7. The van der Waals surface area contributed by atoms with E-state index in [1.807, 2.05) is 38.1 Å². The molecule has 0 saturated heterocycles. The summed E-state index contributed by atoms with van der Waals surface area (Å²) in [5.41, 5.74) is 3.31. The van der Waals surface area contributed by atoms with Crippen molar-refractivity contribution in [3.8, 4) is 17.6 Å². The Kier molecular flexibility index (Phi) is 8.68. The number of nitrogens with zero attached hydrogens (tertiary/aromatic N) is 1. The Labute approximate surface area is 219 Å². The van der Waals surface area contributed by atoms with Gasteiger partial charge in [0.25, 0.3) is 11.8 Å². The minimum Gasteiger partial charge on any atom is -0.508 e. The average Bonchev–Trinajstić information content (AvgIpc) is 2.80. The second-order valence-corrected chi connectivity index (χ2v) is 9.40. The molecule has 0 aliphatic carbocycles. The van der Waals surface area contributed by atoms with Crippen LogP contribution in [-0.2, 0) is 9.59 Å². The van der Waals surface area contributed by atoms with E-state index in [4.69, 9.17) is 4.74 Å². The number of phenols is 1. The maximum atomic E-state index is 12.7. The highest BCUT2D eigenvalue weighted by molar-refractivity contribution is 9.11. The predicted molar refractivity (Wildman–Crippen MR) is 142 cm³/mol. The Balaban J connectivity index is 1.81. The molecule has 0 saturated carbocycles. The largest absolute Gasteiger partial charge is 0.508 e. The molecule has 7 nitrogen and oxygen atoms in total. The smallest absolute Gasteiger partial charge is 0.266 e. The molecule has 3 aromatic rings. The zero-order valence-corrected chi connectivity index (χ0v) is 22.0. The molecule has 3 N–H and O–H groups in total. The van der Waals surface area contributed by atoms with Crippen LogP contribution in [0, 0.1) is 25.2 Å². The molecular weight excluding hydrogens is 578 g/mol. The SMILES string of the molecule is Cc1ccc(C)c(NC(=O)COc2c(Br)cc(Br)cc2/C=C(\C#N)C(=O)Nc2ccc(O)cc2)c1. The Morgan fingerprint density at radius 3 is 2.46 bits per heavy atom. The number of halogens is 2. The standard InChI is InChI=1S/C26H21Br2N3O4/c1-15-3-4-16(2)23(9-15)31-24(33)14-35-25-17(11-19(27)12-22(25)28)10-18(13-29)26(34)30-20-5-7-21(32)8-6-20/h3-12,32H,14H2,1-2H3,(H,30,34)(H,31,33)/b18-10+. The molecule has 3 rings (SSSR count). The Morgan fingerprint density at radius 2 is 1.77 bits per heavy atom. The maximum absolute atomic E-state index is 12.7. The lowest BCUT2D eigenvalue weighted by Crippen LogP contribution is -2.21. The lowest BCUT2D eigenvalue weighted by Gasteiger charge is -2.14. The lowest BCUT2D eigenvalue weighted by atomic mass is 10.1. The van der Waals surface area contributed by atoms with E-state index in [0.29, 0.717) is 31.6 Å². The number of nitriles is 1. The van der Waals surface area contributed by atoms with Crippen LogP contribution in [0.1, 0.15) is 16.7 Å². The minimum atomic E-state index is -0.632. The van der Waals surface area contributed by atoms with Gasteiger partial charge in [0.1, 0.15) is 23.1 Å². The van der Waals surface area contributed by atoms with Crippen molar-refractivity contribution >= 4 is 61.1 Å². The van der Waals surface area contributed by atoms with Crippen molar-refractivity contribution in [2.24, 2.45) is 0 Å². The molecule has 0 fully saturated rings. The maximum Gasteiger partial charge on any atom is 0.266 e. The van der Waals surface area contributed by atoms with Crippen LogP contribution >= 0.6 is 31.9 Å². The number of carbonyl (C=O) groups is 2. The van der Waals surface area contributed by atoms with Gasteiger partial charge in [0, 0.05) is 21.4 Å². The van der Waals surface area contributed by atoms with Crippen LogP contribution in [0.4, 0.5) is 11.4 Å². The number of carbonyl (C=O) groups excluding carboxylic acids is 2. The third-order valence-electron chi connectivity index (χ3n) is 4.84. The number of anilines is 2. The van der Waals surface area contributed by atoms with E-state index in [-0.39, 0.29) is 23.8 Å². The van der Waals surface area contributed by atoms with Crippen LogP contribution in [0.5, 0.6) is 11.5 Å². The molecule has 9 heteroatoms. The van der Waals surface area contributed by atoms with Crippen LogP contribution < -0.4 is 15.4 Å². The van der Waals surface area contributed by atoms with Gasteiger partial charge in [-0.15, -0.1) is 0 Å². The van der Waals surface area contributed by atoms with Gasteiger partial charge in [0.05, 0.1) is 4.47 Å². The first kappa shape index (κ1) is 26.0. The van der Waals surface area contributed by atoms with Gasteiger partial charge < -0.3 is 20.5 Å². The molecule has 35 heavy (non-hydrogen) atoms. The molecule has 0 bridgehead atoms. The number of ether oxygens (including phenoxy) is 1. The first-order valence-corrected chi connectivity index (χ1v) is 12.0. The second kappa shape index (κ2) is 11.7. The Hall–Kier alpha value is -3.61. The van der Waals surface area contributed by atoms with E-state index >= 15 is 0 Å². The lowest BCUT2D eigenvalue weighted by molar-refractivity contribution is -0.118. The quantitative estimate of drug-likeness (QED) is 0.173. The van der Waals surface area contributed by atoms with Crippen LogP contribution in [0.2, 0.25) is 0 Å². The number of amides is 2. The van der Waals surface area contributed by atoms with Crippen LogP contribution in [-0.4, -0.2) is 23.5 Å². The van der Waals surface area contributed by atoms with Gasteiger partial charge in [-0.05, 0) is 89.4 Å². The summed E-state index contributed by atoms with van der Waals surface area (Å²) in [5.74, 6) is -0.627. The summed E-state index contributed by atoms with van der Waals surface area (Å²) in [4.78, 5) is 25.2. The van der Waals surface area contributed by atoms with Gasteiger partial charge in [0.15, 0.2) is 6.61 Å². The summed E-state index contributed by atoms with van der Waals surface area (Å²) < 4.78 is 7.01. The highest BCUT2D eigenvalue weighted by Gasteiger charge is 2.16. The van der Waals surface area contributed by atoms with Gasteiger partial charge in [-0.25, -0.2) is 0 Å². The number of rotatable bonds is 7. The predicted octanol–water partition coefficient (Wildman–Crippen LogP) is 6.10. The van der Waals surface area contributed by atoms with Crippen LogP contribution in [0.15, 0.2) is 69.1 Å². The van der Waals surface area contributed by atoms with E-state index in [0.717, 1.165) is 11.1 Å². The molecule has 0 atom stereocenters. The first-order valence-electron chi connectivity index (χ1n) is 10.4. The summed E-state index contributed by atoms with van der Waals surface area (Å²) >= 11 is 6.82. The molecule has 178 valence electrons. The number of aryl methyl sites for hydroxylation is 2. The summed E-state index contributed by atoms with van der Waals surface area (Å²) in [7, 11) is 0. The Bertz CT molecular complexity index is 1350. The zero-order chi connectivity index (χ0) is 25.5. The Morgan fingerprint density at radius 1 is 1.06 bits per heavy atom. The highest BCUT2D eigenvalue weighted by atomic mass is 79.9. The molecule has 0 heterocycles. The molecule has 0 aromatic heterocycles. The molecule has 2 amide bonds. The molecule has 0 unspecified atom stereocenters. The van der Waals surface area contributed by atoms with E-state index in [1.54, 1.807) is 12.1 Å². The van der Waals surface area contributed by atoms with Crippen molar-refractivity contribution in [1.82, 2.24) is 0 Å². The normalized spacial score (nSPS) is 10.9. The average molecular weight is 599 g/mol. The van der Waals surface area contributed by atoms with E-state index < -0.39 is 5.91 Å². The van der Waals surface area contributed by atoms with Crippen molar-refractivity contribution < 1.29 is 19.4 Å². The fourth-order valence-corrected chi connectivity index (χ4v) is 4.45. The van der Waals surface area contributed by atoms with E-state index in [2.05, 4.69) is 42.5 Å². The molecule has 3 aromatic carbocycles. The molecule has 0 aliphatic heterocycles. The third kappa shape index (κ3) is 7.18. The van der Waals surface area contributed by atoms with Crippen molar-refractivity contribution in [1.29, 1.82) is 5.26 Å². The second-order valence-electron chi connectivity index (χ2n) is 7.63. The number of hydrogen-bond donors (Lipinski definition) is 3. The summed E-state index contributed by atoms with van der Waals surface area (Å²) in [6.45, 7) is 3.56. The monoisotopic (exact) mass is 597 g/mol. The topological polar surface area (TPSA) is 111 Å². The molecule has 0 radical (unpaired) electrons. The van der Waals surface area contributed by atoms with E-state index in [1.165, 1.54) is 30.3 Å². The third-order valence-corrected chi connectivity index (χ3v) is 5.89. The number of benzene rings is 3. The van der Waals surface area contributed by atoms with Crippen LogP contribution in [0.25, 0.3) is 6.08 Å². The van der Waals surface area contributed by atoms with Gasteiger partial charge in [-0.3, -0.25) is 9.59 Å². The van der Waals surface area contributed by atoms with Gasteiger partial charge >= 0.3 is 0 Å². The minimum absolute atomic E-state index is 0.0569. The summed E-state index contributed by atoms with van der Waals surface area (Å²) in [5, 5.41) is 24.4. The molecule has 0 aliphatic rings. The van der Waals surface area contributed by atoms with Gasteiger partial charge in [-0.1, -0.05) is 28.1 Å². The van der Waals surface area contributed by atoms with Crippen molar-refractivity contribution in [3.63, 3.8) is 0 Å². The van der Waals surface area contributed by atoms with Gasteiger partial charge in [0.2, 0.25) is 0 Å². The fourth-order valence-electron chi connectivity index (χ4n) is 3.08. The number of nitrogens with one attached hydrogen (secondary N) is 2. The number of hydrogen-bond acceptors (Lipinski definition) is 5. The van der Waals surface area contributed by atoms with Crippen molar-refractivity contribution in [2.45, 2.75) is 13.8 Å². The van der Waals surface area contributed by atoms with Crippen molar-refractivity contribution in [3.05, 3.63) is 85.8 Å². The molecule has 0 spiro atoms. The highest BCUT2D eigenvalue weighted by Crippen LogP contribution is 2.34. The zero-order valence-electron chi connectivity index (χ0n) is 18.9.